The molecule has 0 saturated heterocycles. The van der Waals surface area contributed by atoms with Gasteiger partial charge in [0.25, 0.3) is 0 Å². The number of carbonyl (C=O) groups is 1. The summed E-state index contributed by atoms with van der Waals surface area (Å²) < 4.78 is 14.5. The van der Waals surface area contributed by atoms with Crippen LogP contribution < -0.4 is 5.32 Å². The molecule has 0 heterocycles. The Morgan fingerprint density at radius 1 is 1.29 bits per heavy atom. The third-order valence-corrected chi connectivity index (χ3v) is 1.86. The summed E-state index contributed by atoms with van der Waals surface area (Å²) in [7, 11) is 4.52. The van der Waals surface area contributed by atoms with Gasteiger partial charge in [-0.15, -0.1) is 0 Å². The number of ether oxygens (including phenoxy) is 3. The van der Waals surface area contributed by atoms with Crippen LogP contribution in [-0.4, -0.2) is 46.2 Å². The molecule has 14 heavy (non-hydrogen) atoms. The Bertz CT molecular complexity index is 159. The van der Waals surface area contributed by atoms with Crippen molar-refractivity contribution in [3.63, 3.8) is 0 Å². The number of hydrogen-bond acceptors (Lipinski definition) is 5. The summed E-state index contributed by atoms with van der Waals surface area (Å²) >= 11 is 0. The Morgan fingerprint density at radius 3 is 2.29 bits per heavy atom. The van der Waals surface area contributed by atoms with Crippen LogP contribution in [0.3, 0.4) is 0 Å². The molecule has 0 saturated carbocycles. The van der Waals surface area contributed by atoms with Crippen LogP contribution in [-0.2, 0) is 19.0 Å². The van der Waals surface area contributed by atoms with Crippen molar-refractivity contribution in [1.82, 2.24) is 5.32 Å². The van der Waals surface area contributed by atoms with Gasteiger partial charge in [0.05, 0.1) is 13.5 Å². The lowest BCUT2D eigenvalue weighted by Gasteiger charge is -2.17. The topological polar surface area (TPSA) is 56.8 Å². The van der Waals surface area contributed by atoms with Crippen molar-refractivity contribution in [1.29, 1.82) is 0 Å². The molecular formula is C9H19NO4. The maximum atomic E-state index is 10.9. The first-order chi connectivity index (χ1) is 6.63. The Kier molecular flexibility index (Phi) is 7.37. The van der Waals surface area contributed by atoms with Gasteiger partial charge in [-0.1, -0.05) is 0 Å². The summed E-state index contributed by atoms with van der Waals surface area (Å²) in [5.41, 5.74) is 0. The monoisotopic (exact) mass is 205 g/mol. The minimum atomic E-state index is -0.282. The highest BCUT2D eigenvalue weighted by atomic mass is 16.7. The van der Waals surface area contributed by atoms with Gasteiger partial charge in [0, 0.05) is 26.8 Å². The largest absolute Gasteiger partial charge is 0.469 e. The van der Waals surface area contributed by atoms with Crippen molar-refractivity contribution < 1.29 is 19.0 Å². The molecule has 0 spiro atoms. The van der Waals surface area contributed by atoms with Gasteiger partial charge < -0.3 is 19.5 Å². The minimum absolute atomic E-state index is 0.0512. The Morgan fingerprint density at radius 2 is 1.86 bits per heavy atom. The second-order valence-corrected chi connectivity index (χ2v) is 2.99. The fourth-order valence-electron chi connectivity index (χ4n) is 0.966. The first kappa shape index (κ1) is 13.4. The summed E-state index contributed by atoms with van der Waals surface area (Å²) in [6.07, 6.45) is 0.0616. The molecule has 0 aliphatic carbocycles. The van der Waals surface area contributed by atoms with E-state index >= 15 is 0 Å². The van der Waals surface area contributed by atoms with Crippen molar-refractivity contribution in [2.24, 2.45) is 0 Å². The highest BCUT2D eigenvalue weighted by Crippen LogP contribution is 1.95. The molecule has 0 aromatic rings. The average molecular weight is 205 g/mol. The van der Waals surface area contributed by atoms with E-state index in [1.807, 2.05) is 6.92 Å². The molecule has 0 aromatic heterocycles. The number of rotatable bonds is 7. The lowest BCUT2D eigenvalue weighted by Crippen LogP contribution is -2.36. The molecule has 0 aliphatic heterocycles. The molecule has 0 fully saturated rings. The van der Waals surface area contributed by atoms with E-state index in [0.29, 0.717) is 13.0 Å². The molecule has 0 unspecified atom stereocenters. The number of nitrogens with one attached hydrogen (secondary N) is 1. The fourth-order valence-corrected chi connectivity index (χ4v) is 0.966. The molecule has 0 bridgehead atoms. The zero-order valence-electron chi connectivity index (χ0n) is 9.20. The molecule has 1 N–H and O–H groups in total. The van der Waals surface area contributed by atoms with Crippen LogP contribution in [0.15, 0.2) is 0 Å². The van der Waals surface area contributed by atoms with E-state index in [4.69, 9.17) is 9.47 Å². The van der Waals surface area contributed by atoms with Crippen molar-refractivity contribution in [3.05, 3.63) is 0 Å². The molecule has 0 aromatic carbocycles. The zero-order chi connectivity index (χ0) is 11.0. The fraction of sp³-hybridized carbons (Fsp3) is 0.889. The molecule has 1 atom stereocenters. The predicted octanol–water partition coefficient (Wildman–Crippen LogP) is 0.147. The van der Waals surface area contributed by atoms with Crippen molar-refractivity contribution >= 4 is 5.97 Å². The van der Waals surface area contributed by atoms with Gasteiger partial charge in [-0.2, -0.15) is 0 Å². The van der Waals surface area contributed by atoms with Gasteiger partial charge in [0.2, 0.25) is 0 Å². The molecule has 5 heteroatoms. The lowest BCUT2D eigenvalue weighted by atomic mass is 10.2. The Hall–Kier alpha value is -0.650. The van der Waals surface area contributed by atoms with Gasteiger partial charge in [-0.3, -0.25) is 4.79 Å². The SMILES string of the molecule is COC(=O)C[C@H](C)NCC(OC)OC. The molecule has 0 amide bonds. The standard InChI is InChI=1S/C9H19NO4/c1-7(5-8(11)12-2)10-6-9(13-3)14-4/h7,9-10H,5-6H2,1-4H3/t7-/m0/s1. The van der Waals surface area contributed by atoms with Crippen LogP contribution in [0, 0.1) is 0 Å². The highest BCUT2D eigenvalue weighted by molar-refractivity contribution is 5.69. The number of hydrogen-bond donors (Lipinski definition) is 1. The van der Waals surface area contributed by atoms with Gasteiger partial charge >= 0.3 is 5.97 Å². The van der Waals surface area contributed by atoms with E-state index in [1.165, 1.54) is 7.11 Å². The van der Waals surface area contributed by atoms with E-state index in [2.05, 4.69) is 10.1 Å². The first-order valence-electron chi connectivity index (χ1n) is 4.49. The number of carbonyl (C=O) groups excluding carboxylic acids is 1. The Balaban J connectivity index is 3.61. The maximum Gasteiger partial charge on any atom is 0.307 e. The van der Waals surface area contributed by atoms with Gasteiger partial charge in [0.1, 0.15) is 0 Å². The molecule has 0 aliphatic rings. The lowest BCUT2D eigenvalue weighted by molar-refractivity contribution is -0.141. The normalized spacial score (nSPS) is 12.9. The molecular weight excluding hydrogens is 186 g/mol. The molecule has 84 valence electrons. The molecule has 0 radical (unpaired) electrons. The molecule has 5 nitrogen and oxygen atoms in total. The quantitative estimate of drug-likeness (QED) is 0.473. The second kappa shape index (κ2) is 7.73. The second-order valence-electron chi connectivity index (χ2n) is 2.99. The third-order valence-electron chi connectivity index (χ3n) is 1.86. The predicted molar refractivity (Wildman–Crippen MR) is 51.9 cm³/mol. The van der Waals surface area contributed by atoms with E-state index < -0.39 is 0 Å². The number of methoxy groups -OCH3 is 3. The first-order valence-corrected chi connectivity index (χ1v) is 4.49. The summed E-state index contributed by atoms with van der Waals surface area (Å²) in [5.74, 6) is -0.226. The maximum absolute atomic E-state index is 10.9. The summed E-state index contributed by atoms with van der Waals surface area (Å²) in [5, 5.41) is 3.10. The van der Waals surface area contributed by atoms with Crippen LogP contribution in [0.5, 0.6) is 0 Å². The summed E-state index contributed by atoms with van der Waals surface area (Å²) in [6, 6.07) is 0.0512. The van der Waals surface area contributed by atoms with Crippen LogP contribution in [0.25, 0.3) is 0 Å². The van der Waals surface area contributed by atoms with Crippen LogP contribution >= 0.6 is 0 Å². The van der Waals surface area contributed by atoms with E-state index in [-0.39, 0.29) is 18.3 Å². The van der Waals surface area contributed by atoms with Crippen LogP contribution in [0.2, 0.25) is 0 Å². The van der Waals surface area contributed by atoms with Crippen LogP contribution in [0.4, 0.5) is 0 Å². The van der Waals surface area contributed by atoms with E-state index in [1.54, 1.807) is 14.2 Å². The van der Waals surface area contributed by atoms with E-state index in [9.17, 15) is 4.79 Å². The van der Waals surface area contributed by atoms with Crippen LogP contribution in [0.1, 0.15) is 13.3 Å². The average Bonchev–Trinajstić information content (AvgIpc) is 2.19. The van der Waals surface area contributed by atoms with Gasteiger partial charge in [-0.25, -0.2) is 0 Å². The number of esters is 1. The van der Waals surface area contributed by atoms with Gasteiger partial charge in [-0.05, 0) is 6.92 Å². The third kappa shape index (κ3) is 5.90. The van der Waals surface area contributed by atoms with Crippen molar-refractivity contribution in [2.75, 3.05) is 27.9 Å². The summed E-state index contributed by atoms with van der Waals surface area (Å²) in [4.78, 5) is 10.9. The highest BCUT2D eigenvalue weighted by Gasteiger charge is 2.11. The molecule has 0 rings (SSSR count). The smallest absolute Gasteiger partial charge is 0.307 e. The summed E-state index contributed by atoms with van der Waals surface area (Å²) in [6.45, 7) is 2.45. The minimum Gasteiger partial charge on any atom is -0.469 e. The zero-order valence-corrected chi connectivity index (χ0v) is 9.20. The van der Waals surface area contributed by atoms with E-state index in [0.717, 1.165) is 0 Å². The Labute approximate surface area is 84.7 Å². The van der Waals surface area contributed by atoms with Crippen molar-refractivity contribution in [2.45, 2.75) is 25.7 Å². The van der Waals surface area contributed by atoms with Gasteiger partial charge in [0.15, 0.2) is 6.29 Å². The van der Waals surface area contributed by atoms with Crippen molar-refractivity contribution in [3.8, 4) is 0 Å².